The molecule has 0 heterocycles. The van der Waals surface area contributed by atoms with E-state index >= 15 is 0 Å². The van der Waals surface area contributed by atoms with Gasteiger partial charge in [0, 0.05) is 104 Å². The van der Waals surface area contributed by atoms with E-state index < -0.39 is 21.7 Å². The van der Waals surface area contributed by atoms with Gasteiger partial charge in [0.15, 0.2) is 0 Å². The summed E-state index contributed by atoms with van der Waals surface area (Å²) in [6, 6.07) is 33.5. The Hall–Kier alpha value is -5.72. The summed E-state index contributed by atoms with van der Waals surface area (Å²) in [5.74, 6) is 0.647. The number of benzene rings is 6. The second-order valence-corrected chi connectivity index (χ2v) is 21.0. The fourth-order valence-electron chi connectivity index (χ4n) is 9.83. The first kappa shape index (κ1) is 54.6. The van der Waals surface area contributed by atoms with Crippen LogP contribution in [0, 0.1) is 0 Å². The van der Waals surface area contributed by atoms with E-state index in [0.717, 1.165) is 44.5 Å². The van der Waals surface area contributed by atoms with Gasteiger partial charge in [-0.1, -0.05) is 116 Å². The van der Waals surface area contributed by atoms with Crippen molar-refractivity contribution in [1.82, 2.24) is 0 Å². The molecule has 4 N–H and O–H groups in total. The number of hydrogen-bond acceptors (Lipinski definition) is 10. The topological polar surface area (TPSA) is 136 Å². The van der Waals surface area contributed by atoms with Crippen molar-refractivity contribution in [1.29, 1.82) is 0 Å². The fraction of sp³-hybridized carbons (Fsp3) is 0.410. The van der Waals surface area contributed by atoms with Crippen molar-refractivity contribution >= 4 is 0 Å². The summed E-state index contributed by atoms with van der Waals surface area (Å²) >= 11 is 0. The summed E-state index contributed by atoms with van der Waals surface area (Å²) in [7, 11) is 9.72. The van der Waals surface area contributed by atoms with Crippen LogP contribution in [0.3, 0.4) is 0 Å². The van der Waals surface area contributed by atoms with Crippen molar-refractivity contribution in [2.75, 3.05) is 42.7 Å². The maximum atomic E-state index is 11.9. The Morgan fingerprint density at radius 3 is 0.592 bits per heavy atom. The van der Waals surface area contributed by atoms with Crippen LogP contribution in [0.4, 0.5) is 0 Å². The molecule has 0 atom stereocenters. The first-order chi connectivity index (χ1) is 33.6. The Bertz CT molecular complexity index is 2540. The van der Waals surface area contributed by atoms with E-state index in [9.17, 15) is 20.4 Å². The molecule has 0 saturated heterocycles. The number of ether oxygens (including phenoxy) is 6. The molecule has 10 nitrogen and oxygen atoms in total. The number of hydrogen-bond donors (Lipinski definition) is 4. The van der Waals surface area contributed by atoms with Gasteiger partial charge >= 0.3 is 0 Å². The van der Waals surface area contributed by atoms with Gasteiger partial charge in [0.2, 0.25) is 0 Å². The standard InChI is InChI=1S/C61H76O10/c1-58(2,46-15-19-48(20-16-46)60(5,6)52-28-42(34-68-11)56(64)43(29-52)35-69-12)50-24-38(54(62)40(26-50)32-66-9)23-39-25-51(27-41(33-67-10)55(39)63)59(3,4)47-17-21-49(22-18-47)61(7,8)53-30-44(36-70-13)57(65)45(31-53)37-71-14/h15-22,24-31,62-65H,23,32-37H2,1-14H3. The predicted octanol–water partition coefficient (Wildman–Crippen LogP) is 12.3. The summed E-state index contributed by atoms with van der Waals surface area (Å²) in [5.41, 5.74) is 12.1. The Morgan fingerprint density at radius 1 is 0.268 bits per heavy atom. The molecule has 0 aliphatic heterocycles. The largest absolute Gasteiger partial charge is 0.507 e. The lowest BCUT2D eigenvalue weighted by atomic mass is 9.73. The van der Waals surface area contributed by atoms with Crippen molar-refractivity contribution in [2.45, 2.75) is 123 Å². The van der Waals surface area contributed by atoms with Gasteiger partial charge in [-0.2, -0.15) is 0 Å². The molecular weight excluding hydrogens is 893 g/mol. The van der Waals surface area contributed by atoms with E-state index in [1.165, 1.54) is 0 Å². The minimum absolute atomic E-state index is 0.131. The Kier molecular flexibility index (Phi) is 17.2. The van der Waals surface area contributed by atoms with Gasteiger partial charge in [-0.05, 0) is 92.0 Å². The number of rotatable bonds is 22. The zero-order valence-corrected chi connectivity index (χ0v) is 44.4. The molecule has 6 rings (SSSR count). The van der Waals surface area contributed by atoms with Crippen LogP contribution in [-0.2, 0) is 96.1 Å². The van der Waals surface area contributed by atoms with Gasteiger partial charge in [-0.15, -0.1) is 0 Å². The quantitative estimate of drug-likeness (QED) is 0.0520. The van der Waals surface area contributed by atoms with E-state index in [2.05, 4.69) is 116 Å². The first-order valence-electron chi connectivity index (χ1n) is 24.2. The highest BCUT2D eigenvalue weighted by molar-refractivity contribution is 5.56. The molecule has 380 valence electrons. The molecule has 6 aromatic rings. The van der Waals surface area contributed by atoms with Crippen molar-refractivity contribution in [3.05, 3.63) is 186 Å². The monoisotopic (exact) mass is 969 g/mol. The van der Waals surface area contributed by atoms with Crippen LogP contribution in [-0.4, -0.2) is 63.1 Å². The molecule has 0 radical (unpaired) electrons. The highest BCUT2D eigenvalue weighted by atomic mass is 16.5. The zero-order chi connectivity index (χ0) is 52.1. The molecule has 0 saturated carbocycles. The Labute approximate surface area is 422 Å². The number of phenolic OH excluding ortho intramolecular Hbond substituents is 4. The van der Waals surface area contributed by atoms with E-state index in [1.54, 1.807) is 42.7 Å². The third-order valence-corrected chi connectivity index (χ3v) is 14.8. The van der Waals surface area contributed by atoms with E-state index in [4.69, 9.17) is 28.4 Å². The van der Waals surface area contributed by atoms with Gasteiger partial charge in [0.05, 0.1) is 39.6 Å². The lowest BCUT2D eigenvalue weighted by Crippen LogP contribution is -2.23. The van der Waals surface area contributed by atoms with Gasteiger partial charge in [-0.25, -0.2) is 0 Å². The average Bonchev–Trinajstić information content (AvgIpc) is 3.34. The molecule has 6 aromatic carbocycles. The van der Waals surface area contributed by atoms with Crippen LogP contribution >= 0.6 is 0 Å². The molecule has 0 fully saturated rings. The number of phenols is 4. The fourth-order valence-corrected chi connectivity index (χ4v) is 9.83. The molecular formula is C61H76O10. The van der Waals surface area contributed by atoms with Crippen LogP contribution in [0.5, 0.6) is 23.0 Å². The minimum atomic E-state index is -0.502. The van der Waals surface area contributed by atoms with Crippen molar-refractivity contribution in [2.24, 2.45) is 0 Å². The third-order valence-electron chi connectivity index (χ3n) is 14.8. The van der Waals surface area contributed by atoms with Crippen LogP contribution in [0.15, 0.2) is 97.1 Å². The van der Waals surface area contributed by atoms with E-state index in [1.807, 2.05) is 36.4 Å². The minimum Gasteiger partial charge on any atom is -0.507 e. The molecule has 0 spiro atoms. The molecule has 10 heteroatoms. The maximum absolute atomic E-state index is 11.9. The number of methoxy groups -OCH3 is 6. The highest BCUT2D eigenvalue weighted by Crippen LogP contribution is 2.44. The second kappa shape index (κ2) is 22.4. The van der Waals surface area contributed by atoms with Crippen LogP contribution in [0.1, 0.15) is 144 Å². The molecule has 71 heavy (non-hydrogen) atoms. The summed E-state index contributed by atoms with van der Waals surface area (Å²) in [4.78, 5) is 0. The molecule has 0 aliphatic rings. The predicted molar refractivity (Wildman–Crippen MR) is 281 cm³/mol. The zero-order valence-electron chi connectivity index (χ0n) is 44.4. The van der Waals surface area contributed by atoms with Crippen LogP contribution in [0.25, 0.3) is 0 Å². The highest BCUT2D eigenvalue weighted by Gasteiger charge is 2.32. The molecule has 0 aromatic heterocycles. The summed E-state index contributed by atoms with van der Waals surface area (Å²) in [6.07, 6.45) is 0.255. The molecule has 0 aliphatic carbocycles. The van der Waals surface area contributed by atoms with Gasteiger partial charge in [0.25, 0.3) is 0 Å². The van der Waals surface area contributed by atoms with Gasteiger partial charge < -0.3 is 48.8 Å². The van der Waals surface area contributed by atoms with E-state index in [0.29, 0.717) is 44.5 Å². The lowest BCUT2D eigenvalue weighted by molar-refractivity contribution is 0.174. The molecule has 0 bridgehead atoms. The second-order valence-electron chi connectivity index (χ2n) is 21.0. The number of aromatic hydroxyl groups is 4. The molecule has 0 unspecified atom stereocenters. The van der Waals surface area contributed by atoms with Crippen LogP contribution in [0.2, 0.25) is 0 Å². The van der Waals surface area contributed by atoms with Gasteiger partial charge in [0.1, 0.15) is 23.0 Å². The smallest absolute Gasteiger partial charge is 0.126 e. The first-order valence-corrected chi connectivity index (χ1v) is 24.2. The Balaban J connectivity index is 1.35. The Morgan fingerprint density at radius 2 is 0.423 bits per heavy atom. The lowest BCUT2D eigenvalue weighted by Gasteiger charge is -2.31. The summed E-state index contributed by atoms with van der Waals surface area (Å²) in [6.45, 7) is 19.0. The average molecular weight is 969 g/mol. The van der Waals surface area contributed by atoms with Crippen molar-refractivity contribution < 1.29 is 48.8 Å². The van der Waals surface area contributed by atoms with Crippen molar-refractivity contribution in [3.63, 3.8) is 0 Å². The molecule has 0 amide bonds. The van der Waals surface area contributed by atoms with Gasteiger partial charge in [-0.3, -0.25) is 0 Å². The maximum Gasteiger partial charge on any atom is 0.126 e. The summed E-state index contributed by atoms with van der Waals surface area (Å²) in [5, 5.41) is 45.7. The third kappa shape index (κ3) is 11.3. The summed E-state index contributed by atoms with van der Waals surface area (Å²) < 4.78 is 33.0. The van der Waals surface area contributed by atoms with E-state index in [-0.39, 0.29) is 69.1 Å². The van der Waals surface area contributed by atoms with Crippen molar-refractivity contribution in [3.8, 4) is 23.0 Å². The SMILES string of the molecule is COCc1cc(C(C)(C)c2ccc(C(C)(C)c3cc(COC)c(O)c(Cc4cc(C(C)(C)c5ccc(C(C)(C)c6cc(COC)c(O)c(COC)c6)cc5)cc(COC)c4O)c3)cc2)cc(COC)c1O. The van der Waals surface area contributed by atoms with Crippen LogP contribution < -0.4 is 0 Å². The normalized spacial score (nSPS) is 12.5.